The Morgan fingerprint density at radius 2 is 0.667 bits per heavy atom. The summed E-state index contributed by atoms with van der Waals surface area (Å²) in [6, 6.07) is 12.3. The van der Waals surface area contributed by atoms with Gasteiger partial charge in [0, 0.05) is 44.3 Å². The molecule has 0 atom stereocenters. The number of hydrogen-bond acceptors (Lipinski definition) is 1. The van der Waals surface area contributed by atoms with Crippen LogP contribution >= 0.6 is 0 Å². The van der Waals surface area contributed by atoms with Crippen molar-refractivity contribution < 1.29 is 43.9 Å². The van der Waals surface area contributed by atoms with Gasteiger partial charge in [0.15, 0.2) is 46.5 Å². The predicted octanol–water partition coefficient (Wildman–Crippen LogP) is 12.0. The molecule has 0 amide bonds. The van der Waals surface area contributed by atoms with Crippen LogP contribution in [0.4, 0.5) is 43.9 Å². The van der Waals surface area contributed by atoms with Gasteiger partial charge in [0.05, 0.1) is 28.0 Å². The lowest BCUT2D eigenvalue weighted by molar-refractivity contribution is 0.381. The van der Waals surface area contributed by atoms with Crippen molar-refractivity contribution in [2.45, 2.75) is 20.8 Å². The van der Waals surface area contributed by atoms with E-state index in [2.05, 4.69) is 19.9 Å². The Morgan fingerprint density at radius 1 is 0.352 bits per heavy atom. The van der Waals surface area contributed by atoms with E-state index in [0.717, 1.165) is 34.4 Å². The van der Waals surface area contributed by atoms with Gasteiger partial charge in [-0.05, 0) is 86.0 Å². The van der Waals surface area contributed by atoms with E-state index in [9.17, 15) is 26.3 Å². The maximum Gasteiger partial charge on any atom is 0.200 e. The lowest BCUT2D eigenvalue weighted by Crippen LogP contribution is -2.05. The largest absolute Gasteiger partial charge is 0.354 e. The van der Waals surface area contributed by atoms with Crippen molar-refractivity contribution in [1.82, 2.24) is 19.9 Å². The van der Waals surface area contributed by atoms with Gasteiger partial charge < -0.3 is 15.0 Å². The first-order valence-corrected chi connectivity index (χ1v) is 16.1. The third-order valence-corrected chi connectivity index (χ3v) is 9.42. The molecule has 0 unspecified atom stereocenters. The van der Waals surface area contributed by atoms with Crippen molar-refractivity contribution >= 4 is 45.3 Å². The third-order valence-electron chi connectivity index (χ3n) is 9.42. The SMILES string of the molecule is Cc1cc(C)c(-c2c3ccc([nH]3)c3nc(c(-c4c(F)c(F)c(F)c(F)c4F)c4ccc([nH]4)c(-c4c(F)c(F)c(F)c(F)c4F)c4ccc2[nH]4)C=C3)c(C)c1. The Labute approximate surface area is 297 Å². The van der Waals surface area contributed by atoms with Crippen LogP contribution in [0.5, 0.6) is 0 Å². The minimum Gasteiger partial charge on any atom is -0.354 e. The van der Waals surface area contributed by atoms with E-state index in [0.29, 0.717) is 22.1 Å². The molecule has 14 heteroatoms. The number of hydrogen-bond donors (Lipinski definition) is 3. The second-order valence-corrected chi connectivity index (χ2v) is 12.9. The molecule has 1 aliphatic rings. The minimum absolute atomic E-state index is 0.172. The van der Waals surface area contributed by atoms with Crippen LogP contribution in [0.1, 0.15) is 28.1 Å². The molecule has 8 rings (SSSR count). The molecule has 0 spiro atoms. The fourth-order valence-electron chi connectivity index (χ4n) is 7.17. The summed E-state index contributed by atoms with van der Waals surface area (Å²) >= 11 is 0. The Balaban J connectivity index is 1.64. The molecule has 5 heterocycles. The highest BCUT2D eigenvalue weighted by atomic mass is 19.2. The molecule has 0 fully saturated rings. The Kier molecular flexibility index (Phi) is 7.98. The Hall–Kier alpha value is -6.31. The lowest BCUT2D eigenvalue weighted by atomic mass is 9.93. The standard InChI is InChI=1S/C40H22F10N4/c1-14-12-15(2)25(16(3)13-14)26-19-6-4-17(51-19)18-5-7-21(52-18)27(29-31(41)35(45)39(49)36(46)32(29)42)22-10-11-24(54-22)28(23-9-8-20(26)53-23)30-33(43)37(47)40(50)38(48)34(30)44/h4-13,51,53-54H,1-3H3. The molecule has 4 aromatic heterocycles. The summed E-state index contributed by atoms with van der Waals surface area (Å²) in [5.74, 6) is -22.6. The molecule has 54 heavy (non-hydrogen) atoms. The van der Waals surface area contributed by atoms with E-state index in [1.807, 2.05) is 32.9 Å². The zero-order valence-corrected chi connectivity index (χ0v) is 28.0. The number of aromatic nitrogens is 4. The minimum atomic E-state index is -2.41. The first kappa shape index (κ1) is 34.8. The summed E-state index contributed by atoms with van der Waals surface area (Å²) in [5.41, 5.74) is 0.0919. The number of fused-ring (bicyclic) bond motifs is 9. The fraction of sp³-hybridized carbons (Fsp3) is 0.0750. The van der Waals surface area contributed by atoms with Crippen LogP contribution in [0.15, 0.2) is 48.5 Å². The van der Waals surface area contributed by atoms with Gasteiger partial charge in [0.25, 0.3) is 0 Å². The molecular formula is C40H22F10N4. The first-order valence-electron chi connectivity index (χ1n) is 16.1. The Bertz CT molecular complexity index is 2850. The zero-order valence-electron chi connectivity index (χ0n) is 28.0. The molecule has 0 aliphatic carbocycles. The maximum absolute atomic E-state index is 15.7. The number of rotatable bonds is 3. The van der Waals surface area contributed by atoms with Crippen molar-refractivity contribution in [2.75, 3.05) is 0 Å². The van der Waals surface area contributed by atoms with Gasteiger partial charge in [-0.2, -0.15) is 0 Å². The van der Waals surface area contributed by atoms with E-state index in [1.54, 1.807) is 12.1 Å². The highest BCUT2D eigenvalue weighted by Gasteiger charge is 2.31. The van der Waals surface area contributed by atoms with Gasteiger partial charge in [-0.25, -0.2) is 48.9 Å². The summed E-state index contributed by atoms with van der Waals surface area (Å²) in [7, 11) is 0. The highest BCUT2D eigenvalue weighted by molar-refractivity contribution is 6.01. The number of nitrogens with one attached hydrogen (secondary N) is 3. The summed E-state index contributed by atoms with van der Waals surface area (Å²) in [4.78, 5) is 13.5. The molecular weight excluding hydrogens is 726 g/mol. The van der Waals surface area contributed by atoms with Crippen LogP contribution in [0.3, 0.4) is 0 Å². The molecule has 0 radical (unpaired) electrons. The zero-order chi connectivity index (χ0) is 38.5. The molecule has 3 N–H and O–H groups in total. The molecule has 1 aliphatic heterocycles. The van der Waals surface area contributed by atoms with Crippen LogP contribution in [0, 0.1) is 78.9 Å². The second-order valence-electron chi connectivity index (χ2n) is 12.9. The molecule has 0 saturated heterocycles. The molecule has 3 aromatic carbocycles. The fourth-order valence-corrected chi connectivity index (χ4v) is 7.17. The van der Waals surface area contributed by atoms with Gasteiger partial charge in [-0.15, -0.1) is 0 Å². The number of nitrogens with zero attached hydrogens (tertiary/aromatic N) is 1. The van der Waals surface area contributed by atoms with Crippen LogP contribution in [0.25, 0.3) is 78.6 Å². The topological polar surface area (TPSA) is 60.3 Å². The van der Waals surface area contributed by atoms with Crippen LogP contribution in [0.2, 0.25) is 0 Å². The number of halogens is 10. The van der Waals surface area contributed by atoms with E-state index in [4.69, 9.17) is 0 Å². The molecule has 7 aromatic rings. The van der Waals surface area contributed by atoms with Crippen molar-refractivity contribution in [1.29, 1.82) is 0 Å². The lowest BCUT2D eigenvalue weighted by Gasteiger charge is -2.12. The smallest absolute Gasteiger partial charge is 0.200 e. The van der Waals surface area contributed by atoms with Crippen molar-refractivity contribution in [3.05, 3.63) is 135 Å². The molecule has 272 valence electrons. The highest BCUT2D eigenvalue weighted by Crippen LogP contribution is 2.41. The maximum atomic E-state index is 15.7. The quantitative estimate of drug-likeness (QED) is 0.0940. The average Bonchev–Trinajstić information content (AvgIpc) is 3.97. The van der Waals surface area contributed by atoms with E-state index < -0.39 is 80.4 Å². The third kappa shape index (κ3) is 5.11. The van der Waals surface area contributed by atoms with Crippen LogP contribution in [-0.2, 0) is 0 Å². The van der Waals surface area contributed by atoms with Crippen LogP contribution < -0.4 is 0 Å². The number of H-pyrrole nitrogens is 3. The average molecular weight is 749 g/mol. The molecule has 8 bridgehead atoms. The van der Waals surface area contributed by atoms with Gasteiger partial charge in [-0.3, -0.25) is 0 Å². The Morgan fingerprint density at radius 3 is 1.11 bits per heavy atom. The summed E-state index contributed by atoms with van der Waals surface area (Å²) in [6.45, 7) is 5.66. The van der Waals surface area contributed by atoms with Crippen molar-refractivity contribution in [3.8, 4) is 33.4 Å². The number of aromatic amines is 3. The van der Waals surface area contributed by atoms with E-state index in [1.165, 1.54) is 24.3 Å². The van der Waals surface area contributed by atoms with Crippen molar-refractivity contribution in [3.63, 3.8) is 0 Å². The second kappa shape index (κ2) is 12.4. The first-order chi connectivity index (χ1) is 25.7. The van der Waals surface area contributed by atoms with Gasteiger partial charge in [0.1, 0.15) is 0 Å². The molecule has 4 nitrogen and oxygen atoms in total. The normalized spacial score (nSPS) is 12.1. The summed E-state index contributed by atoms with van der Waals surface area (Å²) in [6.07, 6.45) is 2.70. The summed E-state index contributed by atoms with van der Waals surface area (Å²) in [5, 5.41) is 0. The predicted molar refractivity (Wildman–Crippen MR) is 185 cm³/mol. The van der Waals surface area contributed by atoms with E-state index in [-0.39, 0.29) is 27.9 Å². The van der Waals surface area contributed by atoms with E-state index >= 15 is 17.6 Å². The van der Waals surface area contributed by atoms with Gasteiger partial charge >= 0.3 is 0 Å². The van der Waals surface area contributed by atoms with Crippen molar-refractivity contribution in [2.24, 2.45) is 0 Å². The van der Waals surface area contributed by atoms with Crippen LogP contribution in [-0.4, -0.2) is 19.9 Å². The van der Waals surface area contributed by atoms with Gasteiger partial charge in [-0.1, -0.05) is 17.7 Å². The monoisotopic (exact) mass is 748 g/mol. The number of aryl methyl sites for hydroxylation is 3. The number of benzene rings is 3. The van der Waals surface area contributed by atoms with Gasteiger partial charge in [0.2, 0.25) is 11.6 Å². The molecule has 0 saturated carbocycles. The summed E-state index contributed by atoms with van der Waals surface area (Å²) < 4.78 is 150.